The van der Waals surface area contributed by atoms with Crippen LogP contribution in [0.4, 0.5) is 17.6 Å². The maximum atomic E-state index is 5.06. The molecular weight excluding hydrogens is 322 g/mol. The standard InChI is InChI=1S/C13H16BrN5O/c1-7-5-9(14)6-8(2)10(7)16-12-17-11(15-3)18-13(19-12)20-4/h5-6H,1-4H3,(H2,15,16,17,18,19). The number of benzene rings is 1. The third-order valence-corrected chi connectivity index (χ3v) is 3.21. The van der Waals surface area contributed by atoms with Gasteiger partial charge in [0.15, 0.2) is 0 Å². The highest BCUT2D eigenvalue weighted by atomic mass is 79.9. The molecule has 0 saturated carbocycles. The summed E-state index contributed by atoms with van der Waals surface area (Å²) in [6, 6.07) is 4.33. The summed E-state index contributed by atoms with van der Waals surface area (Å²) in [5, 5.41) is 6.09. The van der Waals surface area contributed by atoms with E-state index in [0.717, 1.165) is 21.3 Å². The average Bonchev–Trinajstić information content (AvgIpc) is 2.42. The predicted octanol–water partition coefficient (Wildman–Crippen LogP) is 3.04. The summed E-state index contributed by atoms with van der Waals surface area (Å²) in [5.74, 6) is 0.890. The summed E-state index contributed by atoms with van der Waals surface area (Å²) < 4.78 is 6.11. The molecule has 0 unspecified atom stereocenters. The number of hydrogen-bond donors (Lipinski definition) is 2. The Bertz CT molecular complexity index is 587. The van der Waals surface area contributed by atoms with E-state index in [9.17, 15) is 0 Å². The van der Waals surface area contributed by atoms with Crippen molar-refractivity contribution >= 4 is 33.5 Å². The van der Waals surface area contributed by atoms with Crippen molar-refractivity contribution in [2.75, 3.05) is 24.8 Å². The fourth-order valence-electron chi connectivity index (χ4n) is 1.84. The van der Waals surface area contributed by atoms with Gasteiger partial charge in [-0.1, -0.05) is 15.9 Å². The Kier molecular flexibility index (Phi) is 4.39. The summed E-state index contributed by atoms with van der Waals surface area (Å²) >= 11 is 3.48. The molecule has 0 spiro atoms. The number of halogens is 1. The van der Waals surface area contributed by atoms with E-state index in [0.29, 0.717) is 11.9 Å². The number of aryl methyl sites for hydroxylation is 2. The van der Waals surface area contributed by atoms with Crippen molar-refractivity contribution in [2.24, 2.45) is 0 Å². The Morgan fingerprint density at radius 2 is 1.65 bits per heavy atom. The number of anilines is 3. The fourth-order valence-corrected chi connectivity index (χ4v) is 2.52. The zero-order chi connectivity index (χ0) is 14.7. The van der Waals surface area contributed by atoms with Gasteiger partial charge in [-0.3, -0.25) is 0 Å². The minimum absolute atomic E-state index is 0.263. The van der Waals surface area contributed by atoms with Gasteiger partial charge in [0.05, 0.1) is 7.11 Å². The van der Waals surface area contributed by atoms with Gasteiger partial charge in [-0.2, -0.15) is 15.0 Å². The second-order valence-electron chi connectivity index (χ2n) is 4.26. The van der Waals surface area contributed by atoms with E-state index >= 15 is 0 Å². The van der Waals surface area contributed by atoms with E-state index < -0.39 is 0 Å². The minimum Gasteiger partial charge on any atom is -0.467 e. The fraction of sp³-hybridized carbons (Fsp3) is 0.308. The van der Waals surface area contributed by atoms with E-state index in [-0.39, 0.29) is 6.01 Å². The van der Waals surface area contributed by atoms with Gasteiger partial charge in [0.25, 0.3) is 0 Å². The first kappa shape index (κ1) is 14.5. The topological polar surface area (TPSA) is 72.0 Å². The van der Waals surface area contributed by atoms with Crippen LogP contribution >= 0.6 is 15.9 Å². The van der Waals surface area contributed by atoms with Crippen LogP contribution in [-0.2, 0) is 0 Å². The van der Waals surface area contributed by atoms with Crippen molar-refractivity contribution in [1.82, 2.24) is 15.0 Å². The highest BCUT2D eigenvalue weighted by Crippen LogP contribution is 2.27. The largest absolute Gasteiger partial charge is 0.467 e. The molecule has 106 valence electrons. The summed E-state index contributed by atoms with van der Waals surface area (Å²) in [6.07, 6.45) is 0. The zero-order valence-electron chi connectivity index (χ0n) is 11.8. The van der Waals surface area contributed by atoms with Gasteiger partial charge < -0.3 is 15.4 Å². The number of methoxy groups -OCH3 is 1. The monoisotopic (exact) mass is 337 g/mol. The number of rotatable bonds is 4. The van der Waals surface area contributed by atoms with Crippen LogP contribution in [0.3, 0.4) is 0 Å². The maximum Gasteiger partial charge on any atom is 0.322 e. The number of ether oxygens (including phenoxy) is 1. The molecule has 0 aliphatic carbocycles. The number of nitrogens with one attached hydrogen (secondary N) is 2. The molecule has 1 heterocycles. The van der Waals surface area contributed by atoms with E-state index in [1.165, 1.54) is 7.11 Å². The SMILES string of the molecule is CNc1nc(Nc2c(C)cc(Br)cc2C)nc(OC)n1. The van der Waals surface area contributed by atoms with Crippen molar-refractivity contribution < 1.29 is 4.74 Å². The summed E-state index contributed by atoms with van der Waals surface area (Å²) in [4.78, 5) is 12.5. The third-order valence-electron chi connectivity index (χ3n) is 2.76. The summed E-state index contributed by atoms with van der Waals surface area (Å²) in [5.41, 5.74) is 3.17. The van der Waals surface area contributed by atoms with Crippen molar-refractivity contribution in [3.05, 3.63) is 27.7 Å². The van der Waals surface area contributed by atoms with Crippen LogP contribution in [0.15, 0.2) is 16.6 Å². The second-order valence-corrected chi connectivity index (χ2v) is 5.17. The molecule has 2 aromatic rings. The summed E-state index contributed by atoms with van der Waals surface area (Å²) in [7, 11) is 3.27. The van der Waals surface area contributed by atoms with Gasteiger partial charge in [-0.05, 0) is 37.1 Å². The van der Waals surface area contributed by atoms with E-state index in [1.54, 1.807) is 7.05 Å². The van der Waals surface area contributed by atoms with Crippen LogP contribution < -0.4 is 15.4 Å². The molecule has 0 saturated heterocycles. The minimum atomic E-state index is 0.263. The molecule has 0 aliphatic heterocycles. The first-order valence-electron chi connectivity index (χ1n) is 6.05. The van der Waals surface area contributed by atoms with Crippen molar-refractivity contribution in [3.63, 3.8) is 0 Å². The quantitative estimate of drug-likeness (QED) is 0.893. The van der Waals surface area contributed by atoms with Crippen LogP contribution in [0.5, 0.6) is 6.01 Å². The predicted molar refractivity (Wildman–Crippen MR) is 82.8 cm³/mol. The molecule has 0 bridgehead atoms. The Morgan fingerprint density at radius 3 is 2.20 bits per heavy atom. The smallest absolute Gasteiger partial charge is 0.322 e. The van der Waals surface area contributed by atoms with Gasteiger partial charge in [0.1, 0.15) is 0 Å². The molecule has 7 heteroatoms. The number of hydrogen-bond acceptors (Lipinski definition) is 6. The van der Waals surface area contributed by atoms with Gasteiger partial charge in [-0.15, -0.1) is 0 Å². The Balaban J connectivity index is 2.39. The Morgan fingerprint density at radius 1 is 1.05 bits per heavy atom. The van der Waals surface area contributed by atoms with E-state index in [2.05, 4.69) is 41.5 Å². The molecule has 1 aromatic carbocycles. The van der Waals surface area contributed by atoms with Gasteiger partial charge in [-0.25, -0.2) is 0 Å². The van der Waals surface area contributed by atoms with E-state index in [1.807, 2.05) is 26.0 Å². The van der Waals surface area contributed by atoms with Gasteiger partial charge in [0.2, 0.25) is 11.9 Å². The molecule has 0 atom stereocenters. The molecule has 0 amide bonds. The van der Waals surface area contributed by atoms with Crippen LogP contribution in [-0.4, -0.2) is 29.1 Å². The van der Waals surface area contributed by atoms with Crippen LogP contribution in [0.2, 0.25) is 0 Å². The van der Waals surface area contributed by atoms with Crippen molar-refractivity contribution in [1.29, 1.82) is 0 Å². The normalized spacial score (nSPS) is 10.2. The molecule has 2 N–H and O–H groups in total. The first-order chi connectivity index (χ1) is 9.53. The zero-order valence-corrected chi connectivity index (χ0v) is 13.4. The lowest BCUT2D eigenvalue weighted by Crippen LogP contribution is -2.06. The molecule has 0 fully saturated rings. The molecule has 0 radical (unpaired) electrons. The van der Waals surface area contributed by atoms with Gasteiger partial charge >= 0.3 is 6.01 Å². The van der Waals surface area contributed by atoms with Gasteiger partial charge in [0, 0.05) is 17.2 Å². The first-order valence-corrected chi connectivity index (χ1v) is 6.84. The summed E-state index contributed by atoms with van der Waals surface area (Å²) in [6.45, 7) is 4.05. The molecule has 20 heavy (non-hydrogen) atoms. The average molecular weight is 338 g/mol. The molecule has 0 aliphatic rings. The Labute approximate surface area is 126 Å². The second kappa shape index (κ2) is 6.04. The Hall–Kier alpha value is -1.89. The lowest BCUT2D eigenvalue weighted by atomic mass is 10.1. The lowest BCUT2D eigenvalue weighted by molar-refractivity contribution is 0.379. The third kappa shape index (κ3) is 3.16. The number of nitrogens with zero attached hydrogens (tertiary/aromatic N) is 3. The molecule has 1 aromatic heterocycles. The van der Waals surface area contributed by atoms with Crippen molar-refractivity contribution in [2.45, 2.75) is 13.8 Å². The van der Waals surface area contributed by atoms with Crippen molar-refractivity contribution in [3.8, 4) is 6.01 Å². The van der Waals surface area contributed by atoms with Crippen LogP contribution in [0.25, 0.3) is 0 Å². The molecule has 2 rings (SSSR count). The van der Waals surface area contributed by atoms with Crippen LogP contribution in [0, 0.1) is 13.8 Å². The molecular formula is C13H16BrN5O. The lowest BCUT2D eigenvalue weighted by Gasteiger charge is -2.13. The number of aromatic nitrogens is 3. The molecule has 6 nitrogen and oxygen atoms in total. The van der Waals surface area contributed by atoms with Crippen LogP contribution in [0.1, 0.15) is 11.1 Å². The highest BCUT2D eigenvalue weighted by Gasteiger charge is 2.09. The maximum absolute atomic E-state index is 5.06. The highest BCUT2D eigenvalue weighted by molar-refractivity contribution is 9.10. The van der Waals surface area contributed by atoms with E-state index in [4.69, 9.17) is 4.74 Å².